The number of rotatable bonds is 6. The van der Waals surface area contributed by atoms with Crippen molar-refractivity contribution in [3.8, 4) is 0 Å². The maximum atomic E-state index is 11.7. The standard InChI is InChI=1S/C21H29NO4/c1-15-8-10-17(11-9-15)20(22-3)26-16(2)12-13-25-19-7-5-6-18(14-19)21(23)24-4/h8-12,18-19H,5-7,13-14H2,1-4H3/b16-12+,22-20?. The van der Waals surface area contributed by atoms with Crippen LogP contribution in [0.25, 0.3) is 0 Å². The van der Waals surface area contributed by atoms with E-state index in [0.29, 0.717) is 12.5 Å². The van der Waals surface area contributed by atoms with Crippen LogP contribution in [-0.2, 0) is 19.0 Å². The lowest BCUT2D eigenvalue weighted by atomic mass is 9.87. The van der Waals surface area contributed by atoms with E-state index in [1.54, 1.807) is 7.05 Å². The van der Waals surface area contributed by atoms with Crippen LogP contribution in [0.1, 0.15) is 43.7 Å². The fourth-order valence-electron chi connectivity index (χ4n) is 3.10. The van der Waals surface area contributed by atoms with E-state index in [4.69, 9.17) is 14.2 Å². The molecule has 0 bridgehead atoms. The van der Waals surface area contributed by atoms with Crippen molar-refractivity contribution in [3.63, 3.8) is 0 Å². The molecule has 1 aromatic carbocycles. The Balaban J connectivity index is 1.84. The summed E-state index contributed by atoms with van der Waals surface area (Å²) < 4.78 is 16.6. The van der Waals surface area contributed by atoms with Gasteiger partial charge in [0, 0.05) is 12.6 Å². The molecule has 2 atom stereocenters. The number of benzene rings is 1. The average Bonchev–Trinajstić information content (AvgIpc) is 2.66. The highest BCUT2D eigenvalue weighted by molar-refractivity contribution is 5.94. The van der Waals surface area contributed by atoms with Crippen molar-refractivity contribution >= 4 is 11.9 Å². The molecule has 1 aliphatic carbocycles. The van der Waals surface area contributed by atoms with Gasteiger partial charge in [-0.2, -0.15) is 0 Å². The zero-order chi connectivity index (χ0) is 18.9. The lowest BCUT2D eigenvalue weighted by Gasteiger charge is -2.27. The topological polar surface area (TPSA) is 57.1 Å². The third kappa shape index (κ3) is 5.99. The molecular formula is C21H29NO4. The Morgan fingerprint density at radius 1 is 1.27 bits per heavy atom. The summed E-state index contributed by atoms with van der Waals surface area (Å²) in [4.78, 5) is 15.9. The lowest BCUT2D eigenvalue weighted by Crippen LogP contribution is -2.28. The smallest absolute Gasteiger partial charge is 0.308 e. The van der Waals surface area contributed by atoms with Crippen molar-refractivity contribution in [2.75, 3.05) is 20.8 Å². The summed E-state index contributed by atoms with van der Waals surface area (Å²) in [6.45, 7) is 4.39. The Kier molecular flexibility index (Phi) is 7.85. The van der Waals surface area contributed by atoms with Crippen molar-refractivity contribution in [3.05, 3.63) is 47.2 Å². The van der Waals surface area contributed by atoms with Crippen LogP contribution in [0.5, 0.6) is 0 Å². The summed E-state index contributed by atoms with van der Waals surface area (Å²) in [6.07, 6.45) is 5.58. The van der Waals surface area contributed by atoms with E-state index in [1.165, 1.54) is 12.7 Å². The van der Waals surface area contributed by atoms with Crippen LogP contribution >= 0.6 is 0 Å². The van der Waals surface area contributed by atoms with Gasteiger partial charge in [0.2, 0.25) is 5.90 Å². The summed E-state index contributed by atoms with van der Waals surface area (Å²) in [5.41, 5.74) is 2.14. The Hall–Kier alpha value is -2.14. The number of carbonyl (C=O) groups excluding carboxylic acids is 1. The highest BCUT2D eigenvalue weighted by atomic mass is 16.5. The SMILES string of the molecule is CN=C(O/C(C)=C/COC1CCCC(C(=O)OC)C1)c1ccc(C)cc1. The maximum Gasteiger partial charge on any atom is 0.308 e. The van der Waals surface area contributed by atoms with E-state index in [-0.39, 0.29) is 18.0 Å². The van der Waals surface area contributed by atoms with E-state index in [9.17, 15) is 4.79 Å². The normalized spacial score (nSPS) is 21.4. The molecule has 2 unspecified atom stereocenters. The second kappa shape index (κ2) is 10.1. The molecule has 142 valence electrons. The molecule has 1 aromatic rings. The first-order valence-electron chi connectivity index (χ1n) is 9.11. The van der Waals surface area contributed by atoms with Crippen LogP contribution in [0.2, 0.25) is 0 Å². The van der Waals surface area contributed by atoms with Gasteiger partial charge in [-0.1, -0.05) is 24.1 Å². The number of hydrogen-bond acceptors (Lipinski definition) is 5. The van der Waals surface area contributed by atoms with Crippen molar-refractivity contribution in [2.45, 2.75) is 45.6 Å². The van der Waals surface area contributed by atoms with Crippen LogP contribution in [0.4, 0.5) is 0 Å². The molecule has 0 heterocycles. The largest absolute Gasteiger partial charge is 0.469 e. The predicted molar refractivity (Wildman–Crippen MR) is 102 cm³/mol. The molecule has 0 amide bonds. The van der Waals surface area contributed by atoms with E-state index in [1.807, 2.05) is 44.2 Å². The molecule has 0 radical (unpaired) electrons. The molecule has 1 saturated carbocycles. The summed E-state index contributed by atoms with van der Waals surface area (Å²) in [7, 11) is 3.16. The van der Waals surface area contributed by atoms with Gasteiger partial charge in [0.25, 0.3) is 0 Å². The molecule has 1 aliphatic rings. The molecule has 0 saturated heterocycles. The van der Waals surface area contributed by atoms with Gasteiger partial charge in [0.1, 0.15) is 5.76 Å². The summed E-state index contributed by atoms with van der Waals surface area (Å²) in [6, 6.07) is 8.06. The molecule has 0 spiro atoms. The lowest BCUT2D eigenvalue weighted by molar-refractivity contribution is -0.148. The van der Waals surface area contributed by atoms with Gasteiger partial charge in [0.15, 0.2) is 0 Å². The quantitative estimate of drug-likeness (QED) is 0.333. The first kappa shape index (κ1) is 20.2. The minimum atomic E-state index is -0.129. The van der Waals surface area contributed by atoms with Crippen molar-refractivity contribution in [1.82, 2.24) is 0 Å². The predicted octanol–water partition coefficient (Wildman–Crippen LogP) is 4.04. The Bertz CT molecular complexity index is 648. The van der Waals surface area contributed by atoms with Gasteiger partial charge >= 0.3 is 5.97 Å². The van der Waals surface area contributed by atoms with E-state index < -0.39 is 0 Å². The zero-order valence-electron chi connectivity index (χ0n) is 16.2. The number of allylic oxidation sites excluding steroid dienone is 1. The Labute approximate surface area is 156 Å². The summed E-state index contributed by atoms with van der Waals surface area (Å²) in [5, 5.41) is 0. The van der Waals surface area contributed by atoms with Crippen LogP contribution in [0.3, 0.4) is 0 Å². The number of ether oxygens (including phenoxy) is 3. The van der Waals surface area contributed by atoms with Crippen molar-refractivity contribution in [2.24, 2.45) is 10.9 Å². The third-order valence-corrected chi connectivity index (χ3v) is 4.62. The molecular weight excluding hydrogens is 330 g/mol. The second-order valence-corrected chi connectivity index (χ2v) is 6.65. The molecule has 5 heteroatoms. The number of aryl methyl sites for hydroxylation is 1. The highest BCUT2D eigenvalue weighted by Gasteiger charge is 2.28. The van der Waals surface area contributed by atoms with Gasteiger partial charge in [0.05, 0.1) is 25.7 Å². The molecule has 2 rings (SSSR count). The zero-order valence-corrected chi connectivity index (χ0v) is 16.2. The minimum absolute atomic E-state index is 0.0413. The van der Waals surface area contributed by atoms with Crippen molar-refractivity contribution < 1.29 is 19.0 Å². The summed E-state index contributed by atoms with van der Waals surface area (Å²) >= 11 is 0. The fraction of sp³-hybridized carbons (Fsp3) is 0.524. The fourth-order valence-corrected chi connectivity index (χ4v) is 3.10. The van der Waals surface area contributed by atoms with Gasteiger partial charge in [-0.15, -0.1) is 0 Å². The number of methoxy groups -OCH3 is 1. The van der Waals surface area contributed by atoms with Crippen LogP contribution < -0.4 is 0 Å². The Morgan fingerprint density at radius 3 is 2.65 bits per heavy atom. The number of nitrogens with zero attached hydrogens (tertiary/aromatic N) is 1. The van der Waals surface area contributed by atoms with Crippen LogP contribution in [-0.4, -0.2) is 38.7 Å². The maximum absolute atomic E-state index is 11.7. The minimum Gasteiger partial charge on any atom is -0.469 e. The Morgan fingerprint density at radius 2 is 2.00 bits per heavy atom. The molecule has 1 fully saturated rings. The molecule has 0 N–H and O–H groups in total. The molecule has 5 nitrogen and oxygen atoms in total. The first-order valence-corrected chi connectivity index (χ1v) is 9.11. The molecule has 0 aliphatic heterocycles. The number of carbonyl (C=O) groups is 1. The van der Waals surface area contributed by atoms with Crippen LogP contribution in [0.15, 0.2) is 41.1 Å². The summed E-state index contributed by atoms with van der Waals surface area (Å²) in [5.74, 6) is 1.16. The number of aliphatic imine (C=N–C) groups is 1. The molecule has 26 heavy (non-hydrogen) atoms. The van der Waals surface area contributed by atoms with E-state index in [0.717, 1.165) is 37.0 Å². The third-order valence-electron chi connectivity index (χ3n) is 4.62. The van der Waals surface area contributed by atoms with E-state index >= 15 is 0 Å². The molecule has 0 aromatic heterocycles. The average molecular weight is 359 g/mol. The van der Waals surface area contributed by atoms with Crippen molar-refractivity contribution in [1.29, 1.82) is 0 Å². The monoisotopic (exact) mass is 359 g/mol. The number of hydrogen-bond donors (Lipinski definition) is 0. The van der Waals surface area contributed by atoms with Crippen LogP contribution in [0, 0.1) is 12.8 Å². The first-order chi connectivity index (χ1) is 12.5. The van der Waals surface area contributed by atoms with Gasteiger partial charge < -0.3 is 14.2 Å². The second-order valence-electron chi connectivity index (χ2n) is 6.65. The van der Waals surface area contributed by atoms with Gasteiger partial charge in [-0.25, -0.2) is 0 Å². The van der Waals surface area contributed by atoms with E-state index in [2.05, 4.69) is 4.99 Å². The number of esters is 1. The van der Waals surface area contributed by atoms with Gasteiger partial charge in [-0.3, -0.25) is 9.79 Å². The van der Waals surface area contributed by atoms with Gasteiger partial charge in [-0.05, 0) is 51.3 Å². The highest BCUT2D eigenvalue weighted by Crippen LogP contribution is 2.27.